The fourth-order valence-corrected chi connectivity index (χ4v) is 4.23. The fraction of sp³-hybridized carbons (Fsp3) is 0.235. The summed E-state index contributed by atoms with van der Waals surface area (Å²) in [6.45, 7) is 0. The minimum Gasteiger partial charge on any atom is -0.366 e. The van der Waals surface area contributed by atoms with Gasteiger partial charge < -0.3 is 5.73 Å². The smallest absolute Gasteiger partial charge is 0.248 e. The molecule has 0 bridgehead atoms. The summed E-state index contributed by atoms with van der Waals surface area (Å²) in [5.41, 5.74) is 6.94. The highest BCUT2D eigenvalue weighted by Gasteiger charge is 2.30. The highest BCUT2D eigenvalue weighted by Crippen LogP contribution is 2.42. The maximum absolute atomic E-state index is 11.3. The summed E-state index contributed by atoms with van der Waals surface area (Å²) < 4.78 is 2.26. The van der Waals surface area contributed by atoms with E-state index in [0.717, 1.165) is 27.2 Å². The number of hydrogen-bond donors (Lipinski definition) is 1. The number of carbonyl (C=O) groups excluding carboxylic acids is 1. The van der Waals surface area contributed by atoms with Crippen molar-refractivity contribution in [2.45, 2.75) is 29.8 Å². The molecule has 0 spiro atoms. The van der Waals surface area contributed by atoms with Gasteiger partial charge in [-0.3, -0.25) is 9.36 Å². The lowest BCUT2D eigenvalue weighted by molar-refractivity contribution is 0.1000. The quantitative estimate of drug-likeness (QED) is 0.683. The molecule has 122 valence electrons. The summed E-state index contributed by atoms with van der Waals surface area (Å²) in [5.74, 6) is 1.29. The third-order valence-corrected chi connectivity index (χ3v) is 5.78. The molecule has 1 saturated carbocycles. The first kappa shape index (κ1) is 15.4. The number of rotatable bonds is 6. The summed E-state index contributed by atoms with van der Waals surface area (Å²) in [5, 5.41) is 11.8. The van der Waals surface area contributed by atoms with Gasteiger partial charge in [-0.25, -0.2) is 0 Å². The first-order chi connectivity index (χ1) is 11.7. The molecule has 0 unspecified atom stereocenters. The van der Waals surface area contributed by atoms with Crippen LogP contribution in [-0.4, -0.2) is 20.7 Å². The van der Waals surface area contributed by atoms with Gasteiger partial charge in [0.25, 0.3) is 0 Å². The van der Waals surface area contributed by atoms with E-state index in [1.165, 1.54) is 12.8 Å². The number of hydrogen-bond acceptors (Lipinski definition) is 5. The molecule has 7 heteroatoms. The Morgan fingerprint density at radius 1 is 1.29 bits per heavy atom. The predicted molar refractivity (Wildman–Crippen MR) is 96.1 cm³/mol. The lowest BCUT2D eigenvalue weighted by Gasteiger charge is -2.08. The van der Waals surface area contributed by atoms with Gasteiger partial charge >= 0.3 is 0 Å². The Morgan fingerprint density at radius 3 is 2.88 bits per heavy atom. The van der Waals surface area contributed by atoms with E-state index >= 15 is 0 Å². The van der Waals surface area contributed by atoms with E-state index in [9.17, 15) is 4.79 Å². The van der Waals surface area contributed by atoms with Crippen LogP contribution in [0.1, 0.15) is 34.8 Å². The van der Waals surface area contributed by atoms with Crippen LogP contribution in [0.15, 0.2) is 46.9 Å². The van der Waals surface area contributed by atoms with Crippen LogP contribution in [0.5, 0.6) is 0 Å². The normalized spacial score (nSPS) is 14.0. The zero-order valence-corrected chi connectivity index (χ0v) is 14.5. The van der Waals surface area contributed by atoms with Crippen molar-refractivity contribution in [3.05, 3.63) is 52.9 Å². The number of amides is 1. The Kier molecular flexibility index (Phi) is 4.12. The van der Waals surface area contributed by atoms with Crippen LogP contribution in [0.3, 0.4) is 0 Å². The van der Waals surface area contributed by atoms with Gasteiger partial charge in [0.1, 0.15) is 0 Å². The van der Waals surface area contributed by atoms with E-state index in [0.29, 0.717) is 11.6 Å². The van der Waals surface area contributed by atoms with Gasteiger partial charge in [0, 0.05) is 17.4 Å². The van der Waals surface area contributed by atoms with Crippen LogP contribution in [-0.2, 0) is 5.75 Å². The minimum absolute atomic E-state index is 0.400. The van der Waals surface area contributed by atoms with Gasteiger partial charge in [-0.05, 0) is 42.0 Å². The number of carbonyl (C=O) groups is 1. The first-order valence-corrected chi connectivity index (χ1v) is 9.59. The maximum Gasteiger partial charge on any atom is 0.248 e. The number of thiophene rings is 1. The highest BCUT2D eigenvalue weighted by atomic mass is 32.2. The molecule has 1 fully saturated rings. The van der Waals surface area contributed by atoms with Gasteiger partial charge in [0.2, 0.25) is 5.91 Å². The zero-order chi connectivity index (χ0) is 16.5. The molecule has 1 aliphatic carbocycles. The topological polar surface area (TPSA) is 73.8 Å². The highest BCUT2D eigenvalue weighted by molar-refractivity contribution is 7.98. The van der Waals surface area contributed by atoms with Crippen molar-refractivity contribution in [1.29, 1.82) is 0 Å². The molecule has 1 aromatic carbocycles. The molecule has 24 heavy (non-hydrogen) atoms. The van der Waals surface area contributed by atoms with Crippen LogP contribution in [0.25, 0.3) is 10.7 Å². The Labute approximate surface area is 147 Å². The van der Waals surface area contributed by atoms with Gasteiger partial charge in [0.05, 0.1) is 4.88 Å². The van der Waals surface area contributed by atoms with Crippen molar-refractivity contribution in [3.63, 3.8) is 0 Å². The van der Waals surface area contributed by atoms with E-state index in [-0.39, 0.29) is 0 Å². The van der Waals surface area contributed by atoms with E-state index < -0.39 is 5.91 Å². The molecular formula is C17H16N4OS2. The van der Waals surface area contributed by atoms with E-state index in [1.54, 1.807) is 29.2 Å². The predicted octanol–water partition coefficient (Wildman–Crippen LogP) is 3.73. The summed E-state index contributed by atoms with van der Waals surface area (Å²) >= 11 is 3.33. The molecule has 4 rings (SSSR count). The molecule has 3 aromatic rings. The summed E-state index contributed by atoms with van der Waals surface area (Å²) in [6, 6.07) is 12.1. The Balaban J connectivity index is 1.57. The minimum atomic E-state index is -0.400. The van der Waals surface area contributed by atoms with E-state index in [1.807, 2.05) is 24.3 Å². The largest absolute Gasteiger partial charge is 0.366 e. The molecule has 2 N–H and O–H groups in total. The molecule has 2 heterocycles. The van der Waals surface area contributed by atoms with Crippen LogP contribution >= 0.6 is 23.1 Å². The summed E-state index contributed by atoms with van der Waals surface area (Å²) in [7, 11) is 0. The van der Waals surface area contributed by atoms with Crippen molar-refractivity contribution < 1.29 is 4.79 Å². The SMILES string of the molecule is NC(=O)c1cccc(CSc2nnc(-c3cccs3)n2C2CC2)c1. The standard InChI is InChI=1S/C17H16N4OS2/c18-15(22)12-4-1-3-11(9-12)10-24-17-20-19-16(14-5-2-8-23-14)21(17)13-6-7-13/h1-5,8-9,13H,6-7,10H2,(H2,18,22). The Morgan fingerprint density at radius 2 is 2.17 bits per heavy atom. The van der Waals surface area contributed by atoms with Crippen molar-refractivity contribution in [1.82, 2.24) is 14.8 Å². The molecular weight excluding hydrogens is 340 g/mol. The third kappa shape index (κ3) is 3.09. The number of benzene rings is 1. The summed E-state index contributed by atoms with van der Waals surface area (Å²) in [6.07, 6.45) is 2.36. The molecule has 1 aliphatic rings. The van der Waals surface area contributed by atoms with E-state index in [2.05, 4.69) is 26.2 Å². The fourth-order valence-electron chi connectivity index (χ4n) is 2.57. The van der Waals surface area contributed by atoms with Gasteiger partial charge in [-0.2, -0.15) is 0 Å². The molecule has 0 atom stereocenters. The van der Waals surface area contributed by atoms with E-state index in [4.69, 9.17) is 5.73 Å². The number of nitrogens with two attached hydrogens (primary N) is 1. The maximum atomic E-state index is 11.3. The average Bonchev–Trinajstić information content (AvgIpc) is 3.11. The lowest BCUT2D eigenvalue weighted by Crippen LogP contribution is -2.10. The average molecular weight is 356 g/mol. The second-order valence-electron chi connectivity index (χ2n) is 5.74. The number of thioether (sulfide) groups is 1. The lowest BCUT2D eigenvalue weighted by atomic mass is 10.1. The van der Waals surface area contributed by atoms with Crippen LogP contribution in [0, 0.1) is 0 Å². The van der Waals surface area contributed by atoms with Crippen LogP contribution in [0.4, 0.5) is 0 Å². The zero-order valence-electron chi connectivity index (χ0n) is 12.9. The molecule has 0 aliphatic heterocycles. The summed E-state index contributed by atoms with van der Waals surface area (Å²) in [4.78, 5) is 12.5. The molecule has 0 saturated heterocycles. The number of primary amides is 1. The Hall–Kier alpha value is -2.12. The first-order valence-electron chi connectivity index (χ1n) is 7.72. The number of nitrogens with zero attached hydrogens (tertiary/aromatic N) is 3. The van der Waals surface area contributed by atoms with Crippen LogP contribution in [0.2, 0.25) is 0 Å². The van der Waals surface area contributed by atoms with Gasteiger partial charge in [-0.1, -0.05) is 30.0 Å². The molecule has 0 radical (unpaired) electrons. The monoisotopic (exact) mass is 356 g/mol. The van der Waals surface area contributed by atoms with Gasteiger partial charge in [-0.15, -0.1) is 21.5 Å². The molecule has 5 nitrogen and oxygen atoms in total. The van der Waals surface area contributed by atoms with Crippen molar-refractivity contribution in [3.8, 4) is 10.7 Å². The molecule has 1 amide bonds. The Bertz CT molecular complexity index is 869. The van der Waals surface area contributed by atoms with Crippen LogP contribution < -0.4 is 5.73 Å². The van der Waals surface area contributed by atoms with Crippen molar-refractivity contribution in [2.75, 3.05) is 0 Å². The third-order valence-electron chi connectivity index (χ3n) is 3.90. The van der Waals surface area contributed by atoms with Crippen molar-refractivity contribution >= 4 is 29.0 Å². The number of aromatic nitrogens is 3. The van der Waals surface area contributed by atoms with Crippen molar-refractivity contribution in [2.24, 2.45) is 5.73 Å². The molecule has 2 aromatic heterocycles. The second kappa shape index (κ2) is 6.41. The second-order valence-corrected chi connectivity index (χ2v) is 7.63. The van der Waals surface area contributed by atoms with Gasteiger partial charge in [0.15, 0.2) is 11.0 Å².